The summed E-state index contributed by atoms with van der Waals surface area (Å²) in [4.78, 5) is 9.27. The lowest BCUT2D eigenvalue weighted by molar-refractivity contribution is 1.11. The SMILES string of the molecule is Nc1cnc(NCc2sccc2Br)cn1. The van der Waals surface area contributed by atoms with Gasteiger partial charge in [0.15, 0.2) is 0 Å². The molecule has 2 heterocycles. The molecule has 4 nitrogen and oxygen atoms in total. The predicted molar refractivity (Wildman–Crippen MR) is 65.8 cm³/mol. The van der Waals surface area contributed by atoms with Gasteiger partial charge >= 0.3 is 0 Å². The molecule has 0 amide bonds. The van der Waals surface area contributed by atoms with E-state index in [-0.39, 0.29) is 0 Å². The van der Waals surface area contributed by atoms with Crippen LogP contribution >= 0.6 is 27.3 Å². The van der Waals surface area contributed by atoms with Crippen molar-refractivity contribution in [3.8, 4) is 0 Å². The van der Waals surface area contributed by atoms with E-state index in [2.05, 4.69) is 31.2 Å². The summed E-state index contributed by atoms with van der Waals surface area (Å²) in [5.74, 6) is 1.15. The maximum absolute atomic E-state index is 5.43. The van der Waals surface area contributed by atoms with Gasteiger partial charge in [-0.25, -0.2) is 9.97 Å². The highest BCUT2D eigenvalue weighted by Gasteiger charge is 2.01. The molecule has 3 N–H and O–H groups in total. The first kappa shape index (κ1) is 10.4. The first-order valence-electron chi connectivity index (χ1n) is 4.29. The van der Waals surface area contributed by atoms with E-state index in [1.807, 2.05) is 11.4 Å². The van der Waals surface area contributed by atoms with Crippen LogP contribution in [0.5, 0.6) is 0 Å². The van der Waals surface area contributed by atoms with Gasteiger partial charge in [-0.2, -0.15) is 0 Å². The third-order valence-electron chi connectivity index (χ3n) is 1.79. The van der Waals surface area contributed by atoms with Crippen LogP contribution in [0.2, 0.25) is 0 Å². The fourth-order valence-electron chi connectivity index (χ4n) is 1.05. The van der Waals surface area contributed by atoms with Crippen LogP contribution in [-0.4, -0.2) is 9.97 Å². The number of nitrogens with zero attached hydrogens (tertiary/aromatic N) is 2. The minimum atomic E-state index is 0.429. The van der Waals surface area contributed by atoms with Crippen molar-refractivity contribution >= 4 is 38.9 Å². The molecular formula is C9H9BrN4S. The molecule has 2 rings (SSSR count). The number of hydrogen-bond donors (Lipinski definition) is 2. The van der Waals surface area contributed by atoms with Crippen LogP contribution in [0.15, 0.2) is 28.3 Å². The molecule has 78 valence electrons. The number of rotatable bonds is 3. The molecule has 0 fully saturated rings. The molecule has 0 bridgehead atoms. The molecule has 0 radical (unpaired) electrons. The van der Waals surface area contributed by atoms with Crippen molar-refractivity contribution in [3.05, 3.63) is 33.2 Å². The van der Waals surface area contributed by atoms with Gasteiger partial charge in [-0.05, 0) is 27.4 Å². The normalized spacial score (nSPS) is 10.2. The maximum atomic E-state index is 5.43. The molecule has 0 aliphatic rings. The summed E-state index contributed by atoms with van der Waals surface area (Å²) < 4.78 is 1.11. The van der Waals surface area contributed by atoms with Crippen LogP contribution in [0, 0.1) is 0 Å². The van der Waals surface area contributed by atoms with Crippen molar-refractivity contribution in [1.82, 2.24) is 9.97 Å². The van der Waals surface area contributed by atoms with Gasteiger partial charge in [0.05, 0.1) is 18.9 Å². The lowest BCUT2D eigenvalue weighted by Gasteiger charge is -2.03. The molecule has 0 saturated carbocycles. The van der Waals surface area contributed by atoms with E-state index in [1.165, 1.54) is 11.1 Å². The van der Waals surface area contributed by atoms with Gasteiger partial charge in [0.2, 0.25) is 0 Å². The van der Waals surface area contributed by atoms with Crippen molar-refractivity contribution in [2.75, 3.05) is 11.1 Å². The van der Waals surface area contributed by atoms with E-state index in [1.54, 1.807) is 17.5 Å². The Kier molecular flexibility index (Phi) is 3.17. The molecule has 0 spiro atoms. The molecule has 2 aromatic rings. The van der Waals surface area contributed by atoms with E-state index < -0.39 is 0 Å². The zero-order valence-corrected chi connectivity index (χ0v) is 10.2. The molecule has 6 heteroatoms. The third kappa shape index (κ3) is 2.66. The number of thiophene rings is 1. The number of aromatic nitrogens is 2. The van der Waals surface area contributed by atoms with Gasteiger partial charge in [-0.1, -0.05) is 0 Å². The Hall–Kier alpha value is -1.14. The fraction of sp³-hybridized carbons (Fsp3) is 0.111. The Morgan fingerprint density at radius 1 is 1.40 bits per heavy atom. The van der Waals surface area contributed by atoms with Gasteiger partial charge in [0.25, 0.3) is 0 Å². The molecule has 15 heavy (non-hydrogen) atoms. The highest BCUT2D eigenvalue weighted by Crippen LogP contribution is 2.23. The summed E-state index contributed by atoms with van der Waals surface area (Å²) in [6.45, 7) is 0.733. The molecule has 0 saturated heterocycles. The summed E-state index contributed by atoms with van der Waals surface area (Å²) >= 11 is 5.16. The van der Waals surface area contributed by atoms with Gasteiger partial charge in [-0.15, -0.1) is 11.3 Å². The summed E-state index contributed by atoms with van der Waals surface area (Å²) in [6, 6.07) is 2.02. The molecule has 2 aromatic heterocycles. The summed E-state index contributed by atoms with van der Waals surface area (Å²) in [7, 11) is 0. The number of anilines is 2. The highest BCUT2D eigenvalue weighted by molar-refractivity contribution is 9.10. The average molecular weight is 285 g/mol. The van der Waals surface area contributed by atoms with E-state index >= 15 is 0 Å². The molecule has 0 aromatic carbocycles. The monoisotopic (exact) mass is 284 g/mol. The lowest BCUT2D eigenvalue weighted by atomic mass is 10.4. The predicted octanol–water partition coefficient (Wildman–Crippen LogP) is 2.49. The van der Waals surface area contributed by atoms with Crippen molar-refractivity contribution in [2.45, 2.75) is 6.54 Å². The van der Waals surface area contributed by atoms with Crippen LogP contribution in [0.4, 0.5) is 11.6 Å². The van der Waals surface area contributed by atoms with Crippen LogP contribution in [-0.2, 0) is 6.54 Å². The van der Waals surface area contributed by atoms with Crippen LogP contribution in [0.1, 0.15) is 4.88 Å². The zero-order chi connectivity index (χ0) is 10.7. The second-order valence-electron chi connectivity index (χ2n) is 2.87. The number of hydrogen-bond acceptors (Lipinski definition) is 5. The number of halogens is 1. The first-order chi connectivity index (χ1) is 7.25. The molecular weight excluding hydrogens is 276 g/mol. The van der Waals surface area contributed by atoms with E-state index in [9.17, 15) is 0 Å². The van der Waals surface area contributed by atoms with Crippen molar-refractivity contribution in [3.63, 3.8) is 0 Å². The Balaban J connectivity index is 1.99. The fourth-order valence-corrected chi connectivity index (χ4v) is 2.48. The molecule has 0 aliphatic carbocycles. The largest absolute Gasteiger partial charge is 0.382 e. The van der Waals surface area contributed by atoms with Crippen LogP contribution in [0.25, 0.3) is 0 Å². The van der Waals surface area contributed by atoms with Gasteiger partial charge in [0, 0.05) is 9.35 Å². The standard InChI is InChI=1S/C9H9BrN4S/c10-6-1-2-15-7(6)3-13-9-5-12-8(11)4-14-9/h1-2,4-5H,3H2,(H2,11,12)(H,13,14). The van der Waals surface area contributed by atoms with Crippen LogP contribution < -0.4 is 11.1 Å². The smallest absolute Gasteiger partial charge is 0.144 e. The molecule has 0 unspecified atom stereocenters. The number of nitrogens with one attached hydrogen (secondary N) is 1. The average Bonchev–Trinajstić information content (AvgIpc) is 2.63. The lowest BCUT2D eigenvalue weighted by Crippen LogP contribution is -2.01. The Morgan fingerprint density at radius 3 is 2.87 bits per heavy atom. The minimum Gasteiger partial charge on any atom is -0.382 e. The summed E-state index contributed by atoms with van der Waals surface area (Å²) in [5.41, 5.74) is 5.43. The number of nitrogens with two attached hydrogens (primary N) is 1. The van der Waals surface area contributed by atoms with Crippen LogP contribution in [0.3, 0.4) is 0 Å². The van der Waals surface area contributed by atoms with Gasteiger partial charge in [0.1, 0.15) is 11.6 Å². The maximum Gasteiger partial charge on any atom is 0.144 e. The Morgan fingerprint density at radius 2 is 2.27 bits per heavy atom. The second kappa shape index (κ2) is 4.59. The van der Waals surface area contributed by atoms with Crippen molar-refractivity contribution in [1.29, 1.82) is 0 Å². The quantitative estimate of drug-likeness (QED) is 0.909. The Bertz CT molecular complexity index is 440. The second-order valence-corrected chi connectivity index (χ2v) is 4.73. The number of nitrogen functional groups attached to an aromatic ring is 1. The van der Waals surface area contributed by atoms with Gasteiger partial charge in [-0.3, -0.25) is 0 Å². The summed E-state index contributed by atoms with van der Waals surface area (Å²) in [6.07, 6.45) is 3.16. The topological polar surface area (TPSA) is 63.8 Å². The highest BCUT2D eigenvalue weighted by atomic mass is 79.9. The molecule has 0 aliphatic heterocycles. The van der Waals surface area contributed by atoms with E-state index in [0.717, 1.165) is 16.8 Å². The minimum absolute atomic E-state index is 0.429. The zero-order valence-electron chi connectivity index (χ0n) is 7.77. The summed E-state index contributed by atoms with van der Waals surface area (Å²) in [5, 5.41) is 5.20. The first-order valence-corrected chi connectivity index (χ1v) is 5.96. The third-order valence-corrected chi connectivity index (χ3v) is 3.72. The Labute approximate surface area is 99.7 Å². The van der Waals surface area contributed by atoms with Gasteiger partial charge < -0.3 is 11.1 Å². The van der Waals surface area contributed by atoms with Crippen molar-refractivity contribution in [2.24, 2.45) is 0 Å². The van der Waals surface area contributed by atoms with Crippen molar-refractivity contribution < 1.29 is 0 Å². The molecule has 0 atom stereocenters. The van der Waals surface area contributed by atoms with E-state index in [0.29, 0.717) is 5.82 Å². The van der Waals surface area contributed by atoms with E-state index in [4.69, 9.17) is 5.73 Å².